The molecule has 0 atom stereocenters. The number of hydrogen-bond acceptors (Lipinski definition) is 0. The van der Waals surface area contributed by atoms with Gasteiger partial charge < -0.3 is 24.8 Å². The van der Waals surface area contributed by atoms with Gasteiger partial charge >= 0.3 is 98.9 Å². The molecule has 0 fully saturated rings. The summed E-state index contributed by atoms with van der Waals surface area (Å²) in [6, 6.07) is 46.3. The summed E-state index contributed by atoms with van der Waals surface area (Å²) in [5.41, 5.74) is 11.5. The van der Waals surface area contributed by atoms with Crippen LogP contribution in [-0.2, 0) is 41.1 Å². The van der Waals surface area contributed by atoms with Crippen LogP contribution >= 0.6 is 0 Å². The average Bonchev–Trinajstić information content (AvgIpc) is 3.64. The molecule has 0 heterocycles. The van der Waals surface area contributed by atoms with E-state index in [-0.39, 0.29) is 35.6 Å². The number of halogens is 2. The smallest absolute Gasteiger partial charge is 0.172 e. The van der Waals surface area contributed by atoms with E-state index < -0.39 is 0 Å². The van der Waals surface area contributed by atoms with Crippen LogP contribution in [0.2, 0.25) is 0 Å². The summed E-state index contributed by atoms with van der Waals surface area (Å²) in [6.07, 6.45) is 1.03. The zero-order valence-corrected chi connectivity index (χ0v) is 30.6. The van der Waals surface area contributed by atoms with E-state index in [2.05, 4.69) is 139 Å². The van der Waals surface area contributed by atoms with Gasteiger partial charge in [-0.25, -0.2) is 12.1 Å². The molecule has 216 valence electrons. The topological polar surface area (TPSA) is 0 Å². The standard InChI is InChI=1S/C21H25.C13H10.C5H5.2ClH.Hf/c1-20(2,3)16-9-7-14-11-15-8-10-17(21(4,5)6)13-19(15)18(14)12-16;1-3-7-12(8-4-1)11-13-9-5-2-6-10-13;1-2-4-5-3-1;;;/h7,9-10,12-13H,11H2,1-6H3;1-10H;1-5H;2*1H;/q-1;;-1;;;+2/p-2. The Morgan fingerprint density at radius 2 is 1.14 bits per heavy atom. The van der Waals surface area contributed by atoms with Crippen LogP contribution in [0.15, 0.2) is 121 Å². The van der Waals surface area contributed by atoms with Gasteiger partial charge in [0.1, 0.15) is 0 Å². The van der Waals surface area contributed by atoms with E-state index in [9.17, 15) is 0 Å². The van der Waals surface area contributed by atoms with Crippen molar-refractivity contribution in [2.24, 2.45) is 0 Å². The normalized spacial score (nSPS) is 11.2. The molecular weight excluding hydrogens is 718 g/mol. The molecule has 0 radical (unpaired) electrons. The summed E-state index contributed by atoms with van der Waals surface area (Å²) in [7, 11) is 0. The Morgan fingerprint density at radius 1 is 0.643 bits per heavy atom. The Labute approximate surface area is 280 Å². The number of hydrogen-bond donors (Lipinski definition) is 0. The van der Waals surface area contributed by atoms with Gasteiger partial charge in [-0.3, -0.25) is 0 Å². The molecule has 0 saturated heterocycles. The fraction of sp³-hybridized carbons (Fsp3) is 0.231. The Kier molecular flexibility index (Phi) is 13.5. The summed E-state index contributed by atoms with van der Waals surface area (Å²) in [4.78, 5) is 0. The third kappa shape index (κ3) is 9.53. The van der Waals surface area contributed by atoms with Crippen molar-refractivity contribution in [3.63, 3.8) is 0 Å². The van der Waals surface area contributed by atoms with Crippen molar-refractivity contribution in [1.82, 2.24) is 0 Å². The molecular formula is C39H40Cl2Hf-2. The van der Waals surface area contributed by atoms with Gasteiger partial charge in [-0.1, -0.05) is 76.3 Å². The van der Waals surface area contributed by atoms with Gasteiger partial charge in [0.25, 0.3) is 0 Å². The summed E-state index contributed by atoms with van der Waals surface area (Å²) in [5.74, 6) is 0. The van der Waals surface area contributed by atoms with Gasteiger partial charge in [0, 0.05) is 0 Å². The largest absolute Gasteiger partial charge is 0.214 e. The summed E-state index contributed by atoms with van der Waals surface area (Å²) in [6.45, 7) is 13.6. The zero-order valence-electron chi connectivity index (χ0n) is 25.5. The van der Waals surface area contributed by atoms with E-state index in [0.717, 1.165) is 30.3 Å². The molecule has 0 spiro atoms. The van der Waals surface area contributed by atoms with Crippen molar-refractivity contribution in [2.45, 2.75) is 58.8 Å². The van der Waals surface area contributed by atoms with Crippen LogP contribution in [0.1, 0.15) is 74.9 Å². The molecule has 42 heavy (non-hydrogen) atoms. The van der Waals surface area contributed by atoms with Crippen molar-refractivity contribution < 1.29 is 48.7 Å². The van der Waals surface area contributed by atoms with Crippen LogP contribution in [-0.4, -0.2) is 3.26 Å². The van der Waals surface area contributed by atoms with E-state index in [4.69, 9.17) is 0 Å². The van der Waals surface area contributed by atoms with Crippen molar-refractivity contribution in [3.05, 3.63) is 161 Å². The third-order valence-electron chi connectivity index (χ3n) is 7.21. The maximum absolute atomic E-state index is 3.53. The molecule has 0 nitrogen and oxygen atoms in total. The average molecular weight is 758 g/mol. The molecule has 0 saturated carbocycles. The van der Waals surface area contributed by atoms with Crippen molar-refractivity contribution >= 4 is 3.26 Å². The monoisotopic (exact) mass is 758 g/mol. The van der Waals surface area contributed by atoms with Crippen molar-refractivity contribution in [3.8, 4) is 11.1 Å². The van der Waals surface area contributed by atoms with Crippen LogP contribution in [0.25, 0.3) is 11.1 Å². The van der Waals surface area contributed by atoms with Gasteiger partial charge in [0.2, 0.25) is 0 Å². The second-order valence-corrected chi connectivity index (χ2v) is 14.2. The van der Waals surface area contributed by atoms with Crippen molar-refractivity contribution in [2.75, 3.05) is 0 Å². The first-order chi connectivity index (χ1) is 19.0. The van der Waals surface area contributed by atoms with Crippen LogP contribution in [0.4, 0.5) is 0 Å². The number of fused-ring (bicyclic) bond motifs is 3. The molecule has 0 aliphatic heterocycles. The molecule has 0 amide bonds. The van der Waals surface area contributed by atoms with Crippen LogP contribution < -0.4 is 24.8 Å². The SMILES string of the molecule is CC(C)(C)c1c[c-]c2c(c1)-c1cc(C(C)(C)C)ccc1C2.[Cl-].[Cl-].[Hf+2]=[C](c1ccccc1)c1ccccc1.c1cc[cH-]c1. The maximum Gasteiger partial charge on any atom is -0.172 e. The molecule has 1 aliphatic rings. The van der Waals surface area contributed by atoms with Gasteiger partial charge in [0.15, 0.2) is 0 Å². The van der Waals surface area contributed by atoms with E-state index in [1.807, 2.05) is 30.3 Å². The Balaban J connectivity index is 0.000000253. The third-order valence-corrected chi connectivity index (χ3v) is 9.28. The van der Waals surface area contributed by atoms with E-state index in [0.29, 0.717) is 0 Å². The maximum atomic E-state index is 3.53. The van der Waals surface area contributed by atoms with E-state index in [1.54, 1.807) is 0 Å². The summed E-state index contributed by atoms with van der Waals surface area (Å²) >= 11 is 1.08. The van der Waals surface area contributed by atoms with Crippen LogP contribution in [0.3, 0.4) is 0 Å². The van der Waals surface area contributed by atoms with Crippen molar-refractivity contribution in [1.29, 1.82) is 0 Å². The first kappa shape index (κ1) is 35.7. The fourth-order valence-electron chi connectivity index (χ4n) is 4.68. The van der Waals surface area contributed by atoms with Gasteiger partial charge in [-0.2, -0.15) is 47.5 Å². The molecule has 6 rings (SSSR count). The predicted molar refractivity (Wildman–Crippen MR) is 169 cm³/mol. The minimum Gasteiger partial charge on any atom is -0.214 e. The molecule has 0 N–H and O–H groups in total. The number of benzene rings is 4. The molecule has 0 bridgehead atoms. The fourth-order valence-corrected chi connectivity index (χ4v) is 5.88. The van der Waals surface area contributed by atoms with E-state index >= 15 is 0 Å². The summed E-state index contributed by atoms with van der Waals surface area (Å²) < 4.78 is 1.46. The van der Waals surface area contributed by atoms with E-state index in [1.165, 1.54) is 47.8 Å². The number of rotatable bonds is 2. The van der Waals surface area contributed by atoms with Crippen LogP contribution in [0.5, 0.6) is 0 Å². The molecule has 5 aromatic carbocycles. The first-order valence-electron chi connectivity index (χ1n) is 14.1. The summed E-state index contributed by atoms with van der Waals surface area (Å²) in [5, 5.41) is 0. The molecule has 0 unspecified atom stereocenters. The first-order valence-corrected chi connectivity index (χ1v) is 15.9. The molecule has 1 aliphatic carbocycles. The molecule has 0 aromatic heterocycles. The second kappa shape index (κ2) is 15.9. The van der Waals surface area contributed by atoms with Crippen LogP contribution in [0, 0.1) is 6.07 Å². The van der Waals surface area contributed by atoms with Gasteiger partial charge in [0.05, 0.1) is 0 Å². The Morgan fingerprint density at radius 3 is 1.60 bits per heavy atom. The minimum absolute atomic E-state index is 0. The minimum atomic E-state index is 0. The Bertz CT molecular complexity index is 1400. The van der Waals surface area contributed by atoms with Gasteiger partial charge in [-0.15, -0.1) is 5.56 Å². The molecule has 5 aromatic rings. The zero-order chi connectivity index (χ0) is 28.8. The predicted octanol–water partition coefficient (Wildman–Crippen LogP) is 3.87. The molecule has 3 heteroatoms. The Hall–Kier alpha value is -2.45. The second-order valence-electron chi connectivity index (χ2n) is 12.4. The van der Waals surface area contributed by atoms with Gasteiger partial charge in [-0.05, 0) is 17.4 Å². The quantitative estimate of drug-likeness (QED) is 0.186.